The van der Waals surface area contributed by atoms with E-state index in [0.717, 1.165) is 18.8 Å². The molecule has 0 aliphatic rings. The van der Waals surface area contributed by atoms with E-state index in [1.165, 1.54) is 16.7 Å². The van der Waals surface area contributed by atoms with Gasteiger partial charge in [-0.15, -0.1) is 0 Å². The fraction of sp³-hybridized carbons (Fsp3) is 0.385. The van der Waals surface area contributed by atoms with Crippen molar-refractivity contribution in [3.8, 4) is 5.75 Å². The molecule has 0 fully saturated rings. The number of hydrogen-bond donors (Lipinski definition) is 1. The SMILES string of the molecule is CCNCc1cc(C)ccc1OCC=CCl. The Bertz CT molecular complexity index is 350. The molecule has 16 heavy (non-hydrogen) atoms. The summed E-state index contributed by atoms with van der Waals surface area (Å²) in [6, 6.07) is 6.20. The summed E-state index contributed by atoms with van der Waals surface area (Å²) in [6.45, 7) is 6.46. The lowest BCUT2D eigenvalue weighted by Crippen LogP contribution is -2.13. The summed E-state index contributed by atoms with van der Waals surface area (Å²) in [5, 5.41) is 3.30. The summed E-state index contributed by atoms with van der Waals surface area (Å²) in [6.07, 6.45) is 1.78. The van der Waals surface area contributed by atoms with Crippen LogP contribution >= 0.6 is 11.6 Å². The molecule has 0 amide bonds. The van der Waals surface area contributed by atoms with Gasteiger partial charge in [0.05, 0.1) is 0 Å². The second-order valence-electron chi connectivity index (χ2n) is 3.56. The van der Waals surface area contributed by atoms with Gasteiger partial charge in [0.15, 0.2) is 0 Å². The molecule has 0 saturated heterocycles. The molecule has 1 aromatic rings. The molecule has 2 nitrogen and oxygen atoms in total. The van der Waals surface area contributed by atoms with Crippen molar-refractivity contribution in [1.29, 1.82) is 0 Å². The van der Waals surface area contributed by atoms with Gasteiger partial charge in [0.1, 0.15) is 12.4 Å². The van der Waals surface area contributed by atoms with Gasteiger partial charge >= 0.3 is 0 Å². The Labute approximate surface area is 102 Å². The highest BCUT2D eigenvalue weighted by Gasteiger charge is 2.02. The summed E-state index contributed by atoms with van der Waals surface area (Å²) in [4.78, 5) is 0. The van der Waals surface area contributed by atoms with Crippen LogP contribution in [-0.2, 0) is 6.54 Å². The highest BCUT2D eigenvalue weighted by molar-refractivity contribution is 6.25. The van der Waals surface area contributed by atoms with E-state index in [0.29, 0.717) is 6.61 Å². The number of halogens is 1. The molecule has 0 aliphatic heterocycles. The van der Waals surface area contributed by atoms with E-state index in [2.05, 4.69) is 31.3 Å². The van der Waals surface area contributed by atoms with Crippen LogP contribution in [0.4, 0.5) is 0 Å². The third-order valence-electron chi connectivity index (χ3n) is 2.21. The monoisotopic (exact) mass is 239 g/mol. The summed E-state index contributed by atoms with van der Waals surface area (Å²) >= 11 is 5.44. The minimum Gasteiger partial charge on any atom is -0.489 e. The van der Waals surface area contributed by atoms with E-state index in [4.69, 9.17) is 16.3 Å². The van der Waals surface area contributed by atoms with Crippen molar-refractivity contribution in [3.05, 3.63) is 40.9 Å². The lowest BCUT2D eigenvalue weighted by atomic mass is 10.1. The predicted octanol–water partition coefficient (Wildman–Crippen LogP) is 3.24. The highest BCUT2D eigenvalue weighted by atomic mass is 35.5. The van der Waals surface area contributed by atoms with Crippen LogP contribution in [0.2, 0.25) is 0 Å². The van der Waals surface area contributed by atoms with Crippen molar-refractivity contribution in [2.75, 3.05) is 13.2 Å². The molecule has 3 heteroatoms. The first-order chi connectivity index (χ1) is 7.77. The van der Waals surface area contributed by atoms with Gasteiger partial charge in [0.25, 0.3) is 0 Å². The molecule has 0 radical (unpaired) electrons. The Kier molecular flexibility index (Phi) is 5.98. The number of aryl methyl sites for hydroxylation is 1. The number of nitrogens with one attached hydrogen (secondary N) is 1. The second kappa shape index (κ2) is 7.31. The van der Waals surface area contributed by atoms with E-state index >= 15 is 0 Å². The highest BCUT2D eigenvalue weighted by Crippen LogP contribution is 2.19. The van der Waals surface area contributed by atoms with Gasteiger partial charge in [-0.1, -0.05) is 36.2 Å². The zero-order valence-corrected chi connectivity index (χ0v) is 10.6. The molecule has 0 bridgehead atoms. The fourth-order valence-electron chi connectivity index (χ4n) is 1.42. The molecule has 0 unspecified atom stereocenters. The maximum Gasteiger partial charge on any atom is 0.124 e. The minimum atomic E-state index is 0.506. The Balaban J connectivity index is 2.72. The maximum atomic E-state index is 5.62. The summed E-state index contributed by atoms with van der Waals surface area (Å²) in [5.41, 5.74) is 3.90. The lowest BCUT2D eigenvalue weighted by Gasteiger charge is -2.11. The van der Waals surface area contributed by atoms with Crippen molar-refractivity contribution in [2.24, 2.45) is 0 Å². The van der Waals surface area contributed by atoms with Gasteiger partial charge in [-0.3, -0.25) is 0 Å². The van der Waals surface area contributed by atoms with Crippen LogP contribution in [0.25, 0.3) is 0 Å². The van der Waals surface area contributed by atoms with Crippen molar-refractivity contribution < 1.29 is 4.74 Å². The molecule has 1 aromatic carbocycles. The smallest absolute Gasteiger partial charge is 0.124 e. The Hall–Kier alpha value is -0.990. The molecular weight excluding hydrogens is 222 g/mol. The van der Waals surface area contributed by atoms with Crippen molar-refractivity contribution in [1.82, 2.24) is 5.32 Å². The van der Waals surface area contributed by atoms with E-state index in [9.17, 15) is 0 Å². The first-order valence-electron chi connectivity index (χ1n) is 5.46. The number of hydrogen-bond acceptors (Lipinski definition) is 2. The van der Waals surface area contributed by atoms with Gasteiger partial charge < -0.3 is 10.1 Å². The number of rotatable bonds is 6. The first-order valence-corrected chi connectivity index (χ1v) is 5.89. The normalized spacial score (nSPS) is 10.9. The van der Waals surface area contributed by atoms with Crippen LogP contribution in [-0.4, -0.2) is 13.2 Å². The molecule has 88 valence electrons. The fourth-order valence-corrected chi connectivity index (χ4v) is 1.49. The maximum absolute atomic E-state index is 5.62. The summed E-state index contributed by atoms with van der Waals surface area (Å²) < 4.78 is 5.62. The van der Waals surface area contributed by atoms with Crippen molar-refractivity contribution in [2.45, 2.75) is 20.4 Å². The van der Waals surface area contributed by atoms with Gasteiger partial charge in [-0.05, 0) is 25.6 Å². The number of benzene rings is 1. The molecular formula is C13H18ClNO. The zero-order valence-electron chi connectivity index (χ0n) is 9.79. The van der Waals surface area contributed by atoms with Gasteiger partial charge in [0.2, 0.25) is 0 Å². The van der Waals surface area contributed by atoms with E-state index in [1.54, 1.807) is 6.08 Å². The average molecular weight is 240 g/mol. The third-order valence-corrected chi connectivity index (χ3v) is 2.38. The second-order valence-corrected chi connectivity index (χ2v) is 3.82. The summed E-state index contributed by atoms with van der Waals surface area (Å²) in [5.74, 6) is 0.918. The van der Waals surface area contributed by atoms with Gasteiger partial charge in [-0.25, -0.2) is 0 Å². The minimum absolute atomic E-state index is 0.506. The van der Waals surface area contributed by atoms with Crippen LogP contribution in [0, 0.1) is 6.92 Å². The molecule has 1 rings (SSSR count). The average Bonchev–Trinajstić information content (AvgIpc) is 2.29. The number of ether oxygens (including phenoxy) is 1. The largest absolute Gasteiger partial charge is 0.489 e. The Morgan fingerprint density at radius 3 is 2.94 bits per heavy atom. The van der Waals surface area contributed by atoms with Crippen molar-refractivity contribution in [3.63, 3.8) is 0 Å². The molecule has 0 saturated carbocycles. The standard InChI is InChI=1S/C13H18ClNO/c1-3-15-10-12-9-11(2)5-6-13(12)16-8-4-7-14/h4-7,9,15H,3,8,10H2,1-2H3. The lowest BCUT2D eigenvalue weighted by molar-refractivity contribution is 0.357. The van der Waals surface area contributed by atoms with E-state index < -0.39 is 0 Å². The van der Waals surface area contributed by atoms with E-state index in [-0.39, 0.29) is 0 Å². The van der Waals surface area contributed by atoms with Crippen LogP contribution in [0.3, 0.4) is 0 Å². The molecule has 0 aromatic heterocycles. The predicted molar refractivity (Wildman–Crippen MR) is 69.0 cm³/mol. The molecule has 0 spiro atoms. The third kappa shape index (κ3) is 4.25. The van der Waals surface area contributed by atoms with Gasteiger partial charge in [0, 0.05) is 17.6 Å². The Morgan fingerprint density at radius 2 is 2.25 bits per heavy atom. The Morgan fingerprint density at radius 1 is 1.44 bits per heavy atom. The molecule has 0 atom stereocenters. The zero-order chi connectivity index (χ0) is 11.8. The molecule has 1 N–H and O–H groups in total. The van der Waals surface area contributed by atoms with Crippen LogP contribution in [0.15, 0.2) is 29.8 Å². The topological polar surface area (TPSA) is 21.3 Å². The quantitative estimate of drug-likeness (QED) is 0.823. The van der Waals surface area contributed by atoms with Crippen LogP contribution in [0.1, 0.15) is 18.1 Å². The molecule has 0 heterocycles. The van der Waals surface area contributed by atoms with Gasteiger partial charge in [-0.2, -0.15) is 0 Å². The van der Waals surface area contributed by atoms with Crippen molar-refractivity contribution >= 4 is 11.6 Å². The van der Waals surface area contributed by atoms with E-state index in [1.807, 2.05) is 6.07 Å². The first kappa shape index (κ1) is 13.1. The van der Waals surface area contributed by atoms with Crippen LogP contribution in [0.5, 0.6) is 5.75 Å². The summed E-state index contributed by atoms with van der Waals surface area (Å²) in [7, 11) is 0. The molecule has 0 aliphatic carbocycles. The van der Waals surface area contributed by atoms with Crippen LogP contribution < -0.4 is 10.1 Å².